The average molecular weight is 454 g/mol. The van der Waals surface area contributed by atoms with Crippen molar-refractivity contribution in [3.8, 4) is 5.75 Å². The molecule has 2 aromatic carbocycles. The summed E-state index contributed by atoms with van der Waals surface area (Å²) in [4.78, 5) is 21.4. The Balaban J connectivity index is 0.000000219. The lowest BCUT2D eigenvalue weighted by molar-refractivity contribution is -0.137. The summed E-state index contributed by atoms with van der Waals surface area (Å²) in [5, 5.41) is 3.03. The molecular weight excluding hydrogens is 433 g/mol. The first-order chi connectivity index (χ1) is 15.8. The maximum atomic E-state index is 12.7. The molecule has 6 nitrogen and oxygen atoms in total. The number of ether oxygens (including phenoxy) is 1. The van der Waals surface area contributed by atoms with E-state index in [-0.39, 0.29) is 11.9 Å². The fraction of sp³-hybridized carbons (Fsp3) is 0.208. The molecule has 9 heteroatoms. The van der Waals surface area contributed by atoms with Crippen LogP contribution in [0.1, 0.15) is 34.3 Å². The maximum Gasteiger partial charge on any atom is 0.416 e. The third kappa shape index (κ3) is 4.97. The first-order valence-electron chi connectivity index (χ1n) is 10.3. The standard InChI is InChI=1S/C17H16N4O2.C7H5F3/c1-21-13-6-3-2-5-11(13)19-16(21)17(22)20-12-8-10-23-14-7-4-9-18-15(12)14;8-7(9,10)6-4-2-1-3-5-6/h2-7,9,12H,8,10H2,1H3,(H,20,22);1-5H. The number of rotatable bonds is 2. The van der Waals surface area contributed by atoms with Crippen molar-refractivity contribution in [2.75, 3.05) is 6.61 Å². The van der Waals surface area contributed by atoms with Crippen molar-refractivity contribution in [1.29, 1.82) is 0 Å². The number of halogens is 3. The molecule has 1 unspecified atom stereocenters. The highest BCUT2D eigenvalue weighted by molar-refractivity contribution is 5.95. The van der Waals surface area contributed by atoms with Gasteiger partial charge in [0.1, 0.15) is 11.4 Å². The first kappa shape index (κ1) is 22.3. The van der Waals surface area contributed by atoms with Crippen molar-refractivity contribution < 1.29 is 22.7 Å². The Labute approximate surface area is 188 Å². The fourth-order valence-corrected chi connectivity index (χ4v) is 3.55. The number of imidazole rings is 1. The molecule has 1 aliphatic rings. The molecule has 2 aromatic heterocycles. The highest BCUT2D eigenvalue weighted by Crippen LogP contribution is 2.30. The summed E-state index contributed by atoms with van der Waals surface area (Å²) in [5.41, 5.74) is 1.91. The van der Waals surface area contributed by atoms with Crippen LogP contribution in [0, 0.1) is 0 Å². The van der Waals surface area contributed by atoms with E-state index in [1.807, 2.05) is 48.0 Å². The number of hydrogen-bond acceptors (Lipinski definition) is 4. The number of para-hydroxylation sites is 2. The average Bonchev–Trinajstić information content (AvgIpc) is 3.17. The lowest BCUT2D eigenvalue weighted by Gasteiger charge is -2.25. The van der Waals surface area contributed by atoms with Gasteiger partial charge in [-0.2, -0.15) is 13.2 Å². The number of aromatic nitrogens is 3. The Kier molecular flexibility index (Phi) is 6.30. The molecule has 3 heterocycles. The zero-order chi connectivity index (χ0) is 23.4. The Morgan fingerprint density at radius 3 is 2.48 bits per heavy atom. The number of alkyl halides is 3. The molecule has 1 aliphatic heterocycles. The van der Waals surface area contributed by atoms with E-state index in [1.165, 1.54) is 12.1 Å². The minimum absolute atomic E-state index is 0.160. The van der Waals surface area contributed by atoms with Crippen molar-refractivity contribution in [3.63, 3.8) is 0 Å². The van der Waals surface area contributed by atoms with Gasteiger partial charge >= 0.3 is 6.18 Å². The molecule has 33 heavy (non-hydrogen) atoms. The molecule has 0 radical (unpaired) electrons. The highest BCUT2D eigenvalue weighted by Gasteiger charge is 2.29. The van der Waals surface area contributed by atoms with E-state index >= 15 is 0 Å². The molecule has 170 valence electrons. The predicted octanol–water partition coefficient (Wildman–Crippen LogP) is 4.93. The first-order valence-corrected chi connectivity index (χ1v) is 10.3. The van der Waals surface area contributed by atoms with Crippen molar-refractivity contribution in [1.82, 2.24) is 19.9 Å². The molecule has 0 bridgehead atoms. The van der Waals surface area contributed by atoms with Crippen LogP contribution < -0.4 is 10.1 Å². The van der Waals surface area contributed by atoms with Crippen molar-refractivity contribution >= 4 is 16.9 Å². The number of nitrogens with zero attached hydrogens (tertiary/aromatic N) is 3. The van der Waals surface area contributed by atoms with Gasteiger partial charge in [0.25, 0.3) is 5.91 Å². The van der Waals surface area contributed by atoms with Crippen LogP contribution in [-0.4, -0.2) is 27.0 Å². The number of pyridine rings is 1. The summed E-state index contributed by atoms with van der Waals surface area (Å²) >= 11 is 0. The Morgan fingerprint density at radius 2 is 1.79 bits per heavy atom. The van der Waals surface area contributed by atoms with Gasteiger partial charge in [-0.3, -0.25) is 9.78 Å². The quantitative estimate of drug-likeness (QED) is 0.467. The topological polar surface area (TPSA) is 69.0 Å². The van der Waals surface area contributed by atoms with Crippen LogP contribution in [0.3, 0.4) is 0 Å². The van der Waals surface area contributed by atoms with Crippen LogP contribution in [-0.2, 0) is 13.2 Å². The van der Waals surface area contributed by atoms with Crippen molar-refractivity contribution in [3.05, 3.63) is 90.0 Å². The van der Waals surface area contributed by atoms with Gasteiger partial charge in [-0.05, 0) is 24.3 Å². The van der Waals surface area contributed by atoms with E-state index in [0.717, 1.165) is 34.6 Å². The number of nitrogens with one attached hydrogen (secondary N) is 1. The summed E-state index contributed by atoms with van der Waals surface area (Å²) in [6.45, 7) is 0.562. The second kappa shape index (κ2) is 9.32. The predicted molar refractivity (Wildman–Crippen MR) is 117 cm³/mol. The van der Waals surface area contributed by atoms with E-state index < -0.39 is 11.7 Å². The zero-order valence-corrected chi connectivity index (χ0v) is 17.7. The number of aryl methyl sites for hydroxylation is 1. The Hall–Kier alpha value is -3.88. The zero-order valence-electron chi connectivity index (χ0n) is 17.7. The summed E-state index contributed by atoms with van der Waals surface area (Å²) in [6, 6.07) is 17.6. The normalized spacial score (nSPS) is 15.1. The maximum absolute atomic E-state index is 12.7. The van der Waals surface area contributed by atoms with Gasteiger partial charge in [0.2, 0.25) is 0 Å². The number of carbonyl (C=O) groups is 1. The van der Waals surface area contributed by atoms with Crippen LogP contribution in [0.2, 0.25) is 0 Å². The SMILES string of the molecule is Cn1c(C(=O)NC2CCOc3cccnc32)nc2ccccc21.FC(F)(F)c1ccccc1. The molecule has 4 aromatic rings. The number of amides is 1. The molecule has 1 N–H and O–H groups in total. The van der Waals surface area contributed by atoms with Gasteiger partial charge in [-0.25, -0.2) is 4.98 Å². The van der Waals surface area contributed by atoms with Crippen LogP contribution in [0.25, 0.3) is 11.0 Å². The van der Waals surface area contributed by atoms with E-state index in [4.69, 9.17) is 4.74 Å². The number of carbonyl (C=O) groups excluding carboxylic acids is 1. The molecule has 0 saturated carbocycles. The smallest absolute Gasteiger partial charge is 0.416 e. The number of benzene rings is 2. The van der Waals surface area contributed by atoms with Gasteiger partial charge in [0.05, 0.1) is 29.2 Å². The molecule has 0 aliphatic carbocycles. The van der Waals surface area contributed by atoms with Crippen LogP contribution in [0.15, 0.2) is 72.9 Å². The van der Waals surface area contributed by atoms with Crippen molar-refractivity contribution in [2.45, 2.75) is 18.6 Å². The van der Waals surface area contributed by atoms with Gasteiger partial charge in [-0.15, -0.1) is 0 Å². The van der Waals surface area contributed by atoms with E-state index in [1.54, 1.807) is 12.3 Å². The number of hydrogen-bond donors (Lipinski definition) is 1. The minimum atomic E-state index is -4.21. The monoisotopic (exact) mass is 454 g/mol. The molecular formula is C24H21F3N4O2. The van der Waals surface area contributed by atoms with Gasteiger partial charge in [0.15, 0.2) is 5.82 Å². The Morgan fingerprint density at radius 1 is 1.06 bits per heavy atom. The van der Waals surface area contributed by atoms with Gasteiger partial charge in [0, 0.05) is 19.7 Å². The Bertz CT molecular complexity index is 1260. The van der Waals surface area contributed by atoms with E-state index in [9.17, 15) is 18.0 Å². The highest BCUT2D eigenvalue weighted by atomic mass is 19.4. The fourth-order valence-electron chi connectivity index (χ4n) is 3.55. The second-order valence-electron chi connectivity index (χ2n) is 7.40. The molecule has 5 rings (SSSR count). The molecule has 0 saturated heterocycles. The third-order valence-corrected chi connectivity index (χ3v) is 5.19. The number of fused-ring (bicyclic) bond motifs is 2. The van der Waals surface area contributed by atoms with Crippen LogP contribution in [0.5, 0.6) is 5.75 Å². The lowest BCUT2D eigenvalue weighted by atomic mass is 10.1. The minimum Gasteiger partial charge on any atom is -0.491 e. The van der Waals surface area contributed by atoms with E-state index in [0.29, 0.717) is 18.9 Å². The van der Waals surface area contributed by atoms with Gasteiger partial charge in [-0.1, -0.05) is 42.5 Å². The van der Waals surface area contributed by atoms with Crippen LogP contribution in [0.4, 0.5) is 13.2 Å². The van der Waals surface area contributed by atoms with Crippen molar-refractivity contribution in [2.24, 2.45) is 7.05 Å². The summed E-state index contributed by atoms with van der Waals surface area (Å²) in [7, 11) is 1.85. The van der Waals surface area contributed by atoms with Crippen LogP contribution >= 0.6 is 0 Å². The van der Waals surface area contributed by atoms with Gasteiger partial charge < -0.3 is 14.6 Å². The second-order valence-corrected chi connectivity index (χ2v) is 7.40. The summed E-state index contributed by atoms with van der Waals surface area (Å²) < 4.78 is 42.8. The van der Waals surface area contributed by atoms with E-state index in [2.05, 4.69) is 15.3 Å². The summed E-state index contributed by atoms with van der Waals surface area (Å²) in [5.74, 6) is 0.927. The lowest BCUT2D eigenvalue weighted by Crippen LogP contribution is -2.34. The molecule has 0 spiro atoms. The molecule has 1 amide bonds. The largest absolute Gasteiger partial charge is 0.491 e. The molecule has 0 fully saturated rings. The third-order valence-electron chi connectivity index (χ3n) is 5.19. The summed E-state index contributed by atoms with van der Waals surface area (Å²) in [6.07, 6.45) is -1.80. The molecule has 1 atom stereocenters.